The fourth-order valence-corrected chi connectivity index (χ4v) is 2.27. The lowest BCUT2D eigenvalue weighted by Crippen LogP contribution is -2.26. The van der Waals surface area contributed by atoms with Gasteiger partial charge in [0.15, 0.2) is 6.61 Å². The van der Waals surface area contributed by atoms with Gasteiger partial charge in [-0.05, 0) is 19.1 Å². The Morgan fingerprint density at radius 2 is 2.43 bits per heavy atom. The molecule has 1 aromatic carbocycles. The molecule has 2 heterocycles. The van der Waals surface area contributed by atoms with E-state index in [-0.39, 0.29) is 18.6 Å². The molecule has 0 saturated carbocycles. The Labute approximate surface area is 122 Å². The number of anilines is 3. The van der Waals surface area contributed by atoms with Crippen molar-refractivity contribution in [2.45, 2.75) is 19.5 Å². The highest BCUT2D eigenvalue weighted by atomic mass is 16.5. The minimum Gasteiger partial charge on any atom is -0.482 e. The molecule has 1 unspecified atom stereocenters. The first kappa shape index (κ1) is 13.3. The summed E-state index contributed by atoms with van der Waals surface area (Å²) < 4.78 is 7.17. The first-order valence-electron chi connectivity index (χ1n) is 6.72. The molecule has 2 aromatic rings. The number of nitrogens with two attached hydrogens (primary N) is 1. The number of hydrogen-bond acceptors (Lipinski definition) is 5. The van der Waals surface area contributed by atoms with Crippen LogP contribution in [0.15, 0.2) is 30.6 Å². The average molecular weight is 287 g/mol. The van der Waals surface area contributed by atoms with Crippen molar-refractivity contribution in [3.05, 3.63) is 30.6 Å². The van der Waals surface area contributed by atoms with Crippen molar-refractivity contribution in [3.8, 4) is 5.75 Å². The molecule has 0 bridgehead atoms. The minimum absolute atomic E-state index is 0.0227. The molecule has 1 aliphatic heterocycles. The molecule has 0 aliphatic carbocycles. The van der Waals surface area contributed by atoms with Crippen LogP contribution in [0.2, 0.25) is 0 Å². The van der Waals surface area contributed by atoms with Gasteiger partial charge in [-0.1, -0.05) is 0 Å². The maximum atomic E-state index is 11.4. The SMILES string of the molecule is CC(Cn1cccn1)Nc1cc2c(cc1N)OCC(=O)N2. The summed E-state index contributed by atoms with van der Waals surface area (Å²) in [4.78, 5) is 11.4. The average Bonchev–Trinajstić information content (AvgIpc) is 2.93. The van der Waals surface area contributed by atoms with Crippen molar-refractivity contribution in [1.29, 1.82) is 0 Å². The van der Waals surface area contributed by atoms with Crippen molar-refractivity contribution < 1.29 is 9.53 Å². The van der Waals surface area contributed by atoms with E-state index in [4.69, 9.17) is 10.5 Å². The van der Waals surface area contributed by atoms with Crippen molar-refractivity contribution >= 4 is 23.0 Å². The number of nitrogens with one attached hydrogen (secondary N) is 2. The van der Waals surface area contributed by atoms with Crippen molar-refractivity contribution in [1.82, 2.24) is 9.78 Å². The van der Waals surface area contributed by atoms with E-state index in [1.54, 1.807) is 18.3 Å². The summed E-state index contributed by atoms with van der Waals surface area (Å²) in [5.41, 5.74) is 8.00. The van der Waals surface area contributed by atoms with Gasteiger partial charge in [-0.3, -0.25) is 9.48 Å². The Hall–Kier alpha value is -2.70. The van der Waals surface area contributed by atoms with Crippen LogP contribution in [0.4, 0.5) is 17.1 Å². The molecule has 1 amide bonds. The third-order valence-corrected chi connectivity index (χ3v) is 3.21. The molecule has 7 nitrogen and oxygen atoms in total. The summed E-state index contributed by atoms with van der Waals surface area (Å²) in [6.45, 7) is 2.77. The molecule has 3 rings (SSSR count). The van der Waals surface area contributed by atoms with Gasteiger partial charge >= 0.3 is 0 Å². The summed E-state index contributed by atoms with van der Waals surface area (Å²) in [7, 11) is 0. The van der Waals surface area contributed by atoms with Crippen LogP contribution in [0, 0.1) is 0 Å². The van der Waals surface area contributed by atoms with Gasteiger partial charge < -0.3 is 21.1 Å². The van der Waals surface area contributed by atoms with E-state index in [1.807, 2.05) is 23.9 Å². The fraction of sp³-hybridized carbons (Fsp3) is 0.286. The molecule has 1 atom stereocenters. The second-order valence-corrected chi connectivity index (χ2v) is 5.05. The zero-order valence-electron chi connectivity index (χ0n) is 11.7. The second-order valence-electron chi connectivity index (χ2n) is 5.05. The summed E-state index contributed by atoms with van der Waals surface area (Å²) in [6.07, 6.45) is 3.65. The number of carbonyl (C=O) groups is 1. The summed E-state index contributed by atoms with van der Waals surface area (Å²) in [6, 6.07) is 5.52. The highest BCUT2D eigenvalue weighted by Gasteiger charge is 2.18. The monoisotopic (exact) mass is 287 g/mol. The third-order valence-electron chi connectivity index (χ3n) is 3.21. The number of fused-ring (bicyclic) bond motifs is 1. The summed E-state index contributed by atoms with van der Waals surface area (Å²) >= 11 is 0. The van der Waals surface area contributed by atoms with Crippen LogP contribution in [-0.2, 0) is 11.3 Å². The van der Waals surface area contributed by atoms with Gasteiger partial charge in [0.2, 0.25) is 0 Å². The molecular formula is C14H17N5O2. The van der Waals surface area contributed by atoms with E-state index in [0.717, 1.165) is 5.69 Å². The Morgan fingerprint density at radius 1 is 1.57 bits per heavy atom. The predicted octanol–water partition coefficient (Wildman–Crippen LogP) is 1.30. The highest BCUT2D eigenvalue weighted by molar-refractivity contribution is 5.97. The minimum atomic E-state index is -0.164. The van der Waals surface area contributed by atoms with Gasteiger partial charge in [0, 0.05) is 24.5 Å². The number of carbonyl (C=O) groups excluding carboxylic acids is 1. The predicted molar refractivity (Wildman–Crippen MR) is 80.3 cm³/mol. The summed E-state index contributed by atoms with van der Waals surface area (Å²) in [5.74, 6) is 0.431. The second kappa shape index (κ2) is 5.35. The number of hydrogen-bond donors (Lipinski definition) is 3. The van der Waals surface area contributed by atoms with E-state index < -0.39 is 0 Å². The number of benzene rings is 1. The van der Waals surface area contributed by atoms with Gasteiger partial charge in [-0.25, -0.2) is 0 Å². The van der Waals surface area contributed by atoms with E-state index in [9.17, 15) is 4.79 Å². The molecule has 7 heteroatoms. The molecule has 1 aromatic heterocycles. The van der Waals surface area contributed by atoms with Gasteiger partial charge in [-0.15, -0.1) is 0 Å². The lowest BCUT2D eigenvalue weighted by Gasteiger charge is -2.22. The Balaban J connectivity index is 1.75. The first-order valence-corrected chi connectivity index (χ1v) is 6.72. The molecule has 0 radical (unpaired) electrons. The van der Waals surface area contributed by atoms with E-state index in [2.05, 4.69) is 15.7 Å². The van der Waals surface area contributed by atoms with Crippen LogP contribution < -0.4 is 21.1 Å². The normalized spacial score (nSPS) is 14.8. The van der Waals surface area contributed by atoms with Gasteiger partial charge in [0.25, 0.3) is 5.91 Å². The molecule has 110 valence electrons. The molecule has 0 spiro atoms. The molecular weight excluding hydrogens is 270 g/mol. The van der Waals surface area contributed by atoms with E-state index in [1.165, 1.54) is 0 Å². The van der Waals surface area contributed by atoms with E-state index in [0.29, 0.717) is 23.7 Å². The topological polar surface area (TPSA) is 94.2 Å². The Morgan fingerprint density at radius 3 is 3.19 bits per heavy atom. The van der Waals surface area contributed by atoms with Crippen LogP contribution >= 0.6 is 0 Å². The Kier molecular flexibility index (Phi) is 3.39. The molecule has 4 N–H and O–H groups in total. The summed E-state index contributed by atoms with van der Waals surface area (Å²) in [5, 5.41) is 10.3. The first-order chi connectivity index (χ1) is 10.1. The lowest BCUT2D eigenvalue weighted by molar-refractivity contribution is -0.118. The number of aromatic nitrogens is 2. The molecule has 1 aliphatic rings. The number of rotatable bonds is 4. The Bertz CT molecular complexity index is 654. The third kappa shape index (κ3) is 2.91. The van der Waals surface area contributed by atoms with Crippen molar-refractivity contribution in [3.63, 3.8) is 0 Å². The van der Waals surface area contributed by atoms with Crippen LogP contribution in [0.3, 0.4) is 0 Å². The lowest BCUT2D eigenvalue weighted by atomic mass is 10.2. The standard InChI is InChI=1S/C14H17N5O2/c1-9(7-19-4-2-3-16-19)17-11-6-12-13(5-10(11)15)21-8-14(20)18-12/h2-6,9,17H,7-8,15H2,1H3,(H,18,20). The number of nitrogen functional groups attached to an aromatic ring is 1. The maximum Gasteiger partial charge on any atom is 0.262 e. The zero-order chi connectivity index (χ0) is 14.8. The van der Waals surface area contributed by atoms with Gasteiger partial charge in [-0.2, -0.15) is 5.10 Å². The molecule has 21 heavy (non-hydrogen) atoms. The quantitative estimate of drug-likeness (QED) is 0.737. The van der Waals surface area contributed by atoms with Crippen molar-refractivity contribution in [2.75, 3.05) is 23.0 Å². The highest BCUT2D eigenvalue weighted by Crippen LogP contribution is 2.35. The zero-order valence-corrected chi connectivity index (χ0v) is 11.7. The number of nitrogens with zero attached hydrogens (tertiary/aromatic N) is 2. The number of amides is 1. The fourth-order valence-electron chi connectivity index (χ4n) is 2.27. The van der Waals surface area contributed by atoms with Crippen LogP contribution in [0.5, 0.6) is 5.75 Å². The largest absolute Gasteiger partial charge is 0.482 e. The van der Waals surface area contributed by atoms with Crippen LogP contribution in [-0.4, -0.2) is 28.3 Å². The van der Waals surface area contributed by atoms with Gasteiger partial charge in [0.1, 0.15) is 5.75 Å². The van der Waals surface area contributed by atoms with E-state index >= 15 is 0 Å². The van der Waals surface area contributed by atoms with Crippen LogP contribution in [0.25, 0.3) is 0 Å². The molecule has 0 fully saturated rings. The van der Waals surface area contributed by atoms with Gasteiger partial charge in [0.05, 0.1) is 23.6 Å². The van der Waals surface area contributed by atoms with Crippen molar-refractivity contribution in [2.24, 2.45) is 0 Å². The number of ether oxygens (including phenoxy) is 1. The van der Waals surface area contributed by atoms with Crippen LogP contribution in [0.1, 0.15) is 6.92 Å². The molecule has 0 saturated heterocycles. The smallest absolute Gasteiger partial charge is 0.262 e. The maximum absolute atomic E-state index is 11.4.